The normalized spacial score (nSPS) is 42.2. The zero-order valence-corrected chi connectivity index (χ0v) is 23.0. The Morgan fingerprint density at radius 2 is 1.75 bits per heavy atom. The molecule has 1 aliphatic heterocycles. The molecule has 11 heteroatoms. The number of Topliss-reactive ketones (excluding diaryl/α,β-unsaturated/α-hetero) is 2. The molecule has 216 valence electrons. The lowest BCUT2D eigenvalue weighted by molar-refractivity contribution is -0.306. The number of benzene rings is 1. The quantitative estimate of drug-likeness (QED) is 0.236. The third-order valence-electron chi connectivity index (χ3n) is 10.5. The maximum atomic E-state index is 14.3. The second-order valence-electron chi connectivity index (χ2n) is 12.5. The molecule has 10 atom stereocenters. The molecule has 40 heavy (non-hydrogen) atoms. The SMILES string of the molecule is CC(C)[C@H]1C(O)[C@@H](C(N)=O)C(=O)[C@]2(O)C(O)[C@H]3C(=O)c4c(O)ccc(C5=CNC=CN5)c4[C@@H](C)[C@]3(C)[C@@H](O)[C@]12C. The molecule has 1 aromatic carbocycles. The first-order valence-corrected chi connectivity index (χ1v) is 13.5. The van der Waals surface area contributed by atoms with Crippen LogP contribution < -0.4 is 16.4 Å². The number of nitrogens with one attached hydrogen (secondary N) is 2. The lowest BCUT2D eigenvalue weighted by Gasteiger charge is -2.69. The van der Waals surface area contributed by atoms with Gasteiger partial charge in [-0.1, -0.05) is 34.6 Å². The first kappa shape index (κ1) is 28.3. The molecule has 11 nitrogen and oxygen atoms in total. The molecule has 0 spiro atoms. The van der Waals surface area contributed by atoms with E-state index in [9.17, 15) is 39.9 Å². The highest BCUT2D eigenvalue weighted by Crippen LogP contribution is 2.68. The minimum absolute atomic E-state index is 0.0849. The molecule has 4 aliphatic rings. The number of ketones is 2. The minimum Gasteiger partial charge on any atom is -0.507 e. The Hall–Kier alpha value is -3.25. The Kier molecular flexibility index (Phi) is 6.27. The smallest absolute Gasteiger partial charge is 0.230 e. The number of carbonyl (C=O) groups is 3. The molecule has 5 rings (SSSR count). The van der Waals surface area contributed by atoms with Gasteiger partial charge >= 0.3 is 0 Å². The van der Waals surface area contributed by atoms with Gasteiger partial charge in [0.25, 0.3) is 0 Å². The Bertz CT molecular complexity index is 1370. The van der Waals surface area contributed by atoms with Gasteiger partial charge in [-0.05, 0) is 35.4 Å². The summed E-state index contributed by atoms with van der Waals surface area (Å²) in [5, 5.41) is 64.8. The highest BCUT2D eigenvalue weighted by Gasteiger charge is 2.80. The number of fused-ring (bicyclic) bond motifs is 3. The molecule has 0 bridgehead atoms. The van der Waals surface area contributed by atoms with Crippen molar-refractivity contribution in [2.45, 2.75) is 64.4 Å². The monoisotopic (exact) mass is 555 g/mol. The third kappa shape index (κ3) is 3.11. The van der Waals surface area contributed by atoms with Gasteiger partial charge in [-0.25, -0.2) is 0 Å². The number of aromatic hydroxyl groups is 1. The van der Waals surface area contributed by atoms with Gasteiger partial charge in [-0.3, -0.25) is 14.4 Å². The lowest BCUT2D eigenvalue weighted by atomic mass is 9.36. The van der Waals surface area contributed by atoms with E-state index in [1.54, 1.807) is 52.4 Å². The van der Waals surface area contributed by atoms with Gasteiger partial charge in [-0.2, -0.15) is 0 Å². The van der Waals surface area contributed by atoms with Gasteiger partial charge in [0.15, 0.2) is 17.2 Å². The maximum absolute atomic E-state index is 14.3. The van der Waals surface area contributed by atoms with Crippen LogP contribution in [-0.2, 0) is 9.59 Å². The molecule has 9 N–H and O–H groups in total. The molecule has 0 aromatic heterocycles. The number of aliphatic hydroxyl groups is 4. The Labute approximate surface area is 231 Å². The van der Waals surface area contributed by atoms with Crippen LogP contribution in [0.5, 0.6) is 5.75 Å². The number of hydrogen-bond acceptors (Lipinski definition) is 10. The molecule has 2 saturated carbocycles. The van der Waals surface area contributed by atoms with E-state index >= 15 is 0 Å². The van der Waals surface area contributed by atoms with Crippen LogP contribution in [-0.4, -0.2) is 66.9 Å². The zero-order chi connectivity index (χ0) is 29.7. The van der Waals surface area contributed by atoms with Crippen molar-refractivity contribution in [2.24, 2.45) is 40.2 Å². The standard InChI is InChI=1S/C29H37N3O8/c1-11(2)19-22(35)18(25(30)38)23(36)29(40)24(37)20-21(34)17-15(33)7-6-13(14-10-31-8-9-32-14)16(17)12(3)27(20,4)26(39)28(19,29)5/h6-12,18-20,22,24,26,31-33,35,37,39-40H,1-5H3,(H2,30,38)/t12-,18-,19+,20-,22?,24?,26-,27+,28+,29+/m1/s1. The number of amides is 1. The molecule has 1 aromatic rings. The van der Waals surface area contributed by atoms with Crippen LogP contribution in [0.2, 0.25) is 0 Å². The van der Waals surface area contributed by atoms with Crippen molar-refractivity contribution in [3.63, 3.8) is 0 Å². The largest absolute Gasteiger partial charge is 0.507 e. The molecular weight excluding hydrogens is 518 g/mol. The fourth-order valence-electron chi connectivity index (χ4n) is 8.57. The summed E-state index contributed by atoms with van der Waals surface area (Å²) in [7, 11) is 0. The fraction of sp³-hybridized carbons (Fsp3) is 0.552. The predicted molar refractivity (Wildman–Crippen MR) is 143 cm³/mol. The van der Waals surface area contributed by atoms with Crippen molar-refractivity contribution in [1.29, 1.82) is 0 Å². The van der Waals surface area contributed by atoms with E-state index in [2.05, 4.69) is 10.6 Å². The number of rotatable bonds is 3. The number of nitrogens with two attached hydrogens (primary N) is 1. The average Bonchev–Trinajstić information content (AvgIpc) is 2.89. The Morgan fingerprint density at radius 3 is 2.30 bits per heavy atom. The zero-order valence-electron chi connectivity index (χ0n) is 23.0. The number of hydrogen-bond donors (Lipinski definition) is 8. The van der Waals surface area contributed by atoms with Gasteiger partial charge in [0.2, 0.25) is 5.91 Å². The summed E-state index contributed by atoms with van der Waals surface area (Å²) in [6, 6.07) is 3.00. The van der Waals surface area contributed by atoms with Gasteiger partial charge < -0.3 is 41.9 Å². The summed E-state index contributed by atoms with van der Waals surface area (Å²) in [4.78, 5) is 40.5. The van der Waals surface area contributed by atoms with Crippen LogP contribution in [0.25, 0.3) is 5.70 Å². The van der Waals surface area contributed by atoms with E-state index < -0.39 is 81.8 Å². The predicted octanol–water partition coefficient (Wildman–Crippen LogP) is 0.0670. The maximum Gasteiger partial charge on any atom is 0.230 e. The van der Waals surface area contributed by atoms with Crippen molar-refractivity contribution in [1.82, 2.24) is 10.6 Å². The van der Waals surface area contributed by atoms with E-state index in [0.29, 0.717) is 16.8 Å². The highest BCUT2D eigenvalue weighted by molar-refractivity contribution is 6.10. The van der Waals surface area contributed by atoms with E-state index in [1.165, 1.54) is 13.0 Å². The summed E-state index contributed by atoms with van der Waals surface area (Å²) < 4.78 is 0. The van der Waals surface area contributed by atoms with Crippen molar-refractivity contribution >= 4 is 23.2 Å². The number of aliphatic hydroxyl groups excluding tert-OH is 3. The van der Waals surface area contributed by atoms with Crippen LogP contribution in [0.1, 0.15) is 62.0 Å². The number of phenols is 1. The minimum atomic E-state index is -2.81. The van der Waals surface area contributed by atoms with E-state index in [4.69, 9.17) is 5.73 Å². The van der Waals surface area contributed by atoms with Crippen LogP contribution >= 0.6 is 0 Å². The molecule has 0 saturated heterocycles. The highest BCUT2D eigenvalue weighted by atomic mass is 16.4. The fourth-order valence-corrected chi connectivity index (χ4v) is 8.57. The van der Waals surface area contributed by atoms with Crippen LogP contribution in [0.4, 0.5) is 0 Å². The van der Waals surface area contributed by atoms with Gasteiger partial charge in [0.1, 0.15) is 17.8 Å². The van der Waals surface area contributed by atoms with E-state index in [0.717, 1.165) is 0 Å². The summed E-state index contributed by atoms with van der Waals surface area (Å²) in [5.41, 5.74) is 0.815. The lowest BCUT2D eigenvalue weighted by Crippen LogP contribution is -2.83. The molecule has 2 fully saturated rings. The number of carbonyl (C=O) groups excluding carboxylic acids is 3. The first-order valence-electron chi connectivity index (χ1n) is 13.5. The van der Waals surface area contributed by atoms with Crippen molar-refractivity contribution < 1.29 is 39.9 Å². The van der Waals surface area contributed by atoms with Crippen LogP contribution in [0.15, 0.2) is 30.7 Å². The summed E-state index contributed by atoms with van der Waals surface area (Å²) in [6.45, 7) is 8.22. The van der Waals surface area contributed by atoms with Crippen molar-refractivity contribution in [2.75, 3.05) is 0 Å². The second-order valence-corrected chi connectivity index (χ2v) is 12.5. The molecule has 1 amide bonds. The van der Waals surface area contributed by atoms with Gasteiger partial charge in [0.05, 0.1) is 29.4 Å². The van der Waals surface area contributed by atoms with Crippen molar-refractivity contribution in [3.05, 3.63) is 47.4 Å². The molecule has 0 radical (unpaired) electrons. The summed E-state index contributed by atoms with van der Waals surface area (Å²) in [6.07, 6.45) is -0.356. The number of primary amides is 1. The van der Waals surface area contributed by atoms with E-state index in [1.807, 2.05) is 0 Å². The van der Waals surface area contributed by atoms with E-state index in [-0.39, 0.29) is 11.3 Å². The molecular formula is C29H37N3O8. The Balaban J connectivity index is 1.80. The van der Waals surface area contributed by atoms with Gasteiger partial charge in [0, 0.05) is 35.0 Å². The Morgan fingerprint density at radius 1 is 1.10 bits per heavy atom. The van der Waals surface area contributed by atoms with Crippen LogP contribution in [0, 0.1) is 34.5 Å². The topological polar surface area (TPSA) is 202 Å². The second kappa shape index (κ2) is 8.87. The van der Waals surface area contributed by atoms with Gasteiger partial charge in [-0.15, -0.1) is 0 Å². The average molecular weight is 556 g/mol. The molecule has 2 unspecified atom stereocenters. The summed E-state index contributed by atoms with van der Waals surface area (Å²) >= 11 is 0. The third-order valence-corrected chi connectivity index (χ3v) is 10.5. The summed E-state index contributed by atoms with van der Waals surface area (Å²) in [5.74, 6) is -9.19. The van der Waals surface area contributed by atoms with Crippen LogP contribution in [0.3, 0.4) is 0 Å². The van der Waals surface area contributed by atoms with Crippen molar-refractivity contribution in [3.8, 4) is 5.75 Å². The number of phenolic OH excluding ortho intramolecular Hbond substituents is 1. The molecule has 3 aliphatic carbocycles. The first-order chi connectivity index (χ1) is 18.6. The molecule has 1 heterocycles.